The summed E-state index contributed by atoms with van der Waals surface area (Å²) in [5.41, 5.74) is 3.14. The van der Waals surface area contributed by atoms with Gasteiger partial charge in [0.25, 0.3) is 0 Å². The molecule has 0 spiro atoms. The van der Waals surface area contributed by atoms with Crippen molar-refractivity contribution in [1.82, 2.24) is 14.7 Å². The molecule has 0 bridgehead atoms. The third kappa shape index (κ3) is 3.77. The number of halogens is 1. The summed E-state index contributed by atoms with van der Waals surface area (Å²) < 4.78 is 28.0. The summed E-state index contributed by atoms with van der Waals surface area (Å²) in [7, 11) is -3.78. The predicted molar refractivity (Wildman–Crippen MR) is 85.3 cm³/mol. The Kier molecular flexibility index (Phi) is 4.94. The molecule has 0 saturated carbocycles. The first-order valence-electron chi connectivity index (χ1n) is 5.90. The van der Waals surface area contributed by atoms with Crippen molar-refractivity contribution in [3.63, 3.8) is 0 Å². The number of nitrogens with one attached hydrogen (secondary N) is 2. The van der Waals surface area contributed by atoms with Crippen LogP contribution < -0.4 is 16.0 Å². The third-order valence-corrected chi connectivity index (χ3v) is 5.72. The molecule has 10 heteroatoms. The topological polar surface area (TPSA) is 110 Å². The second-order valence-electron chi connectivity index (χ2n) is 4.31. The number of anilines is 1. The second-order valence-corrected chi connectivity index (χ2v) is 7.80. The number of hydrogen-bond donors (Lipinski definition) is 3. The van der Waals surface area contributed by atoms with Crippen molar-refractivity contribution in [2.24, 2.45) is 5.84 Å². The largest absolute Gasteiger partial charge is 0.307 e. The van der Waals surface area contributed by atoms with Gasteiger partial charge in [0.2, 0.25) is 10.0 Å². The van der Waals surface area contributed by atoms with Gasteiger partial charge in [-0.05, 0) is 35.8 Å². The normalized spacial score (nSPS) is 13.1. The lowest BCUT2D eigenvalue weighted by molar-refractivity contribution is 0.566. The molecule has 0 aromatic carbocycles. The van der Waals surface area contributed by atoms with Crippen molar-refractivity contribution in [2.45, 2.75) is 24.8 Å². The van der Waals surface area contributed by atoms with Gasteiger partial charge in [-0.25, -0.2) is 29.0 Å². The van der Waals surface area contributed by atoms with Crippen LogP contribution in [0.15, 0.2) is 27.0 Å². The SMILES string of the molecule is Cc1csc(C(C)NS(=O)(=O)c2cc(Br)cnc2NN)n1. The van der Waals surface area contributed by atoms with Crippen molar-refractivity contribution in [3.8, 4) is 0 Å². The van der Waals surface area contributed by atoms with Crippen molar-refractivity contribution in [3.05, 3.63) is 32.8 Å². The molecule has 0 fully saturated rings. The van der Waals surface area contributed by atoms with Crippen LogP contribution in [0.25, 0.3) is 0 Å². The zero-order valence-corrected chi connectivity index (χ0v) is 14.5. The monoisotopic (exact) mass is 391 g/mol. The van der Waals surface area contributed by atoms with E-state index in [-0.39, 0.29) is 10.7 Å². The molecule has 21 heavy (non-hydrogen) atoms. The van der Waals surface area contributed by atoms with E-state index in [9.17, 15) is 8.42 Å². The van der Waals surface area contributed by atoms with Gasteiger partial charge in [0, 0.05) is 21.7 Å². The van der Waals surface area contributed by atoms with E-state index in [2.05, 4.69) is 36.0 Å². The summed E-state index contributed by atoms with van der Waals surface area (Å²) in [6, 6.07) is 0.989. The first-order valence-corrected chi connectivity index (χ1v) is 9.05. The third-order valence-electron chi connectivity index (χ3n) is 2.58. The minimum absolute atomic E-state index is 0.0282. The van der Waals surface area contributed by atoms with Crippen LogP contribution in [0.4, 0.5) is 5.82 Å². The molecule has 114 valence electrons. The maximum absolute atomic E-state index is 12.5. The Morgan fingerprint density at radius 1 is 1.48 bits per heavy atom. The van der Waals surface area contributed by atoms with Gasteiger partial charge in [0.05, 0.1) is 6.04 Å². The molecule has 0 saturated heterocycles. The van der Waals surface area contributed by atoms with Crippen LogP contribution in [0.1, 0.15) is 23.7 Å². The quantitative estimate of drug-likeness (QED) is 0.530. The van der Waals surface area contributed by atoms with Crippen molar-refractivity contribution < 1.29 is 8.42 Å². The Labute approximate surface area is 135 Å². The van der Waals surface area contributed by atoms with E-state index >= 15 is 0 Å². The summed E-state index contributed by atoms with van der Waals surface area (Å²) in [5.74, 6) is 5.39. The number of sulfonamides is 1. The number of hydrogen-bond acceptors (Lipinski definition) is 7. The smallest absolute Gasteiger partial charge is 0.244 e. The molecule has 2 aromatic heterocycles. The molecule has 0 aliphatic rings. The zero-order valence-electron chi connectivity index (χ0n) is 11.3. The van der Waals surface area contributed by atoms with Crippen LogP contribution in [-0.2, 0) is 10.0 Å². The Bertz CT molecular complexity index is 747. The number of nitrogens with zero attached hydrogens (tertiary/aromatic N) is 2. The van der Waals surface area contributed by atoms with E-state index in [0.717, 1.165) is 5.69 Å². The van der Waals surface area contributed by atoms with Gasteiger partial charge in [0.1, 0.15) is 9.90 Å². The fourth-order valence-corrected chi connectivity index (χ4v) is 4.37. The number of nitrogen functional groups attached to an aromatic ring is 1. The fraction of sp³-hybridized carbons (Fsp3) is 0.273. The number of hydrazine groups is 1. The van der Waals surface area contributed by atoms with E-state index in [4.69, 9.17) is 5.84 Å². The zero-order chi connectivity index (χ0) is 15.6. The van der Waals surface area contributed by atoms with E-state index in [1.807, 2.05) is 12.3 Å². The standard InChI is InChI=1S/C11H14BrN5O2S2/c1-6-5-20-11(15-6)7(2)17-21(18,19)9-3-8(12)4-14-10(9)16-13/h3-5,7,17H,13H2,1-2H3,(H,14,16). The number of thiazole rings is 1. The van der Waals surface area contributed by atoms with Crippen molar-refractivity contribution in [2.75, 3.05) is 5.43 Å². The molecule has 0 aliphatic heterocycles. The highest BCUT2D eigenvalue weighted by Crippen LogP contribution is 2.25. The number of aryl methyl sites for hydroxylation is 1. The summed E-state index contributed by atoms with van der Waals surface area (Å²) >= 11 is 4.60. The lowest BCUT2D eigenvalue weighted by Gasteiger charge is -2.14. The van der Waals surface area contributed by atoms with Gasteiger partial charge >= 0.3 is 0 Å². The van der Waals surface area contributed by atoms with Crippen LogP contribution in [-0.4, -0.2) is 18.4 Å². The first-order chi connectivity index (χ1) is 9.83. The number of pyridine rings is 1. The Morgan fingerprint density at radius 3 is 2.76 bits per heavy atom. The van der Waals surface area contributed by atoms with Gasteiger partial charge in [-0.1, -0.05) is 0 Å². The summed E-state index contributed by atoms with van der Waals surface area (Å²) in [6.07, 6.45) is 1.46. The molecule has 1 atom stereocenters. The summed E-state index contributed by atoms with van der Waals surface area (Å²) in [4.78, 5) is 8.18. The minimum atomic E-state index is -3.78. The summed E-state index contributed by atoms with van der Waals surface area (Å²) in [5, 5.41) is 2.56. The van der Waals surface area contributed by atoms with E-state index < -0.39 is 16.1 Å². The van der Waals surface area contributed by atoms with E-state index in [0.29, 0.717) is 9.48 Å². The van der Waals surface area contributed by atoms with Crippen LogP contribution in [0.3, 0.4) is 0 Å². The highest BCUT2D eigenvalue weighted by atomic mass is 79.9. The number of rotatable bonds is 5. The van der Waals surface area contributed by atoms with Gasteiger partial charge in [-0.3, -0.25) is 0 Å². The average Bonchev–Trinajstić information content (AvgIpc) is 2.85. The molecule has 1 unspecified atom stereocenters. The first kappa shape index (κ1) is 16.3. The van der Waals surface area contributed by atoms with E-state index in [1.165, 1.54) is 23.6 Å². The lowest BCUT2D eigenvalue weighted by atomic mass is 10.4. The number of nitrogens with two attached hydrogens (primary N) is 1. The second kappa shape index (κ2) is 6.36. The van der Waals surface area contributed by atoms with Crippen LogP contribution >= 0.6 is 27.3 Å². The highest BCUT2D eigenvalue weighted by molar-refractivity contribution is 9.10. The average molecular weight is 392 g/mol. The maximum atomic E-state index is 12.5. The Morgan fingerprint density at radius 2 is 2.19 bits per heavy atom. The van der Waals surface area contributed by atoms with Crippen LogP contribution in [0.2, 0.25) is 0 Å². The fourth-order valence-electron chi connectivity index (χ4n) is 1.65. The molecular formula is C11H14BrN5O2S2. The molecule has 2 heterocycles. The molecule has 0 aliphatic carbocycles. The van der Waals surface area contributed by atoms with Crippen LogP contribution in [0, 0.1) is 6.92 Å². The van der Waals surface area contributed by atoms with E-state index in [1.54, 1.807) is 6.92 Å². The molecule has 2 rings (SSSR count). The molecule has 2 aromatic rings. The predicted octanol–water partition coefficient (Wildman–Crippen LogP) is 1.93. The van der Waals surface area contributed by atoms with Gasteiger partial charge in [0.15, 0.2) is 5.82 Å². The molecular weight excluding hydrogens is 378 g/mol. The number of aromatic nitrogens is 2. The van der Waals surface area contributed by atoms with Crippen molar-refractivity contribution >= 4 is 43.1 Å². The van der Waals surface area contributed by atoms with Crippen molar-refractivity contribution in [1.29, 1.82) is 0 Å². The molecule has 0 radical (unpaired) electrons. The van der Waals surface area contributed by atoms with Crippen LogP contribution in [0.5, 0.6) is 0 Å². The minimum Gasteiger partial charge on any atom is -0.307 e. The molecule has 4 N–H and O–H groups in total. The summed E-state index contributed by atoms with van der Waals surface area (Å²) in [6.45, 7) is 3.59. The Balaban J connectivity index is 2.32. The Hall–Kier alpha value is -1.07. The van der Waals surface area contributed by atoms with Gasteiger partial charge in [-0.15, -0.1) is 11.3 Å². The maximum Gasteiger partial charge on any atom is 0.244 e. The van der Waals surface area contributed by atoms with Gasteiger partial charge < -0.3 is 5.43 Å². The molecule has 7 nitrogen and oxygen atoms in total. The lowest BCUT2D eigenvalue weighted by Crippen LogP contribution is -2.28. The molecule has 0 amide bonds. The van der Waals surface area contributed by atoms with Gasteiger partial charge in [-0.2, -0.15) is 0 Å². The highest BCUT2D eigenvalue weighted by Gasteiger charge is 2.24.